The molecule has 1 amide bonds. The molecule has 1 saturated heterocycles. The molecule has 0 saturated carbocycles. The van der Waals surface area contributed by atoms with E-state index in [1.54, 1.807) is 12.1 Å². The second-order valence-electron chi connectivity index (χ2n) is 8.04. The number of rotatable bonds is 5. The number of fused-ring (bicyclic) bond motifs is 1. The third-order valence-corrected chi connectivity index (χ3v) is 6.76. The van der Waals surface area contributed by atoms with E-state index < -0.39 is 11.9 Å². The molecule has 1 fully saturated rings. The lowest BCUT2D eigenvalue weighted by Gasteiger charge is -2.29. The van der Waals surface area contributed by atoms with Crippen LogP contribution in [-0.2, 0) is 12.8 Å². The Labute approximate surface area is 188 Å². The first-order valence-corrected chi connectivity index (χ1v) is 11.2. The van der Waals surface area contributed by atoms with E-state index in [0.717, 1.165) is 47.1 Å². The van der Waals surface area contributed by atoms with E-state index in [9.17, 15) is 18.0 Å². The fourth-order valence-corrected chi connectivity index (χ4v) is 4.99. The monoisotopic (exact) mass is 463 g/mol. The number of amides is 1. The van der Waals surface area contributed by atoms with Gasteiger partial charge < -0.3 is 15.0 Å². The first kappa shape index (κ1) is 22.5. The lowest BCUT2D eigenvalue weighted by molar-refractivity contribution is -0.142. The highest BCUT2D eigenvalue weighted by atomic mass is 32.1. The predicted octanol–water partition coefficient (Wildman–Crippen LogP) is 5.03. The molecule has 4 rings (SSSR count). The molecule has 0 bridgehead atoms. The zero-order valence-corrected chi connectivity index (χ0v) is 18.6. The molecular weight excluding hydrogens is 439 g/mol. The SMILES string of the molecule is Cc1sc2ccc(OCc3cccnc3C(F)(F)F)cc2c1C(=O)NC1CCN(C)CC1. The van der Waals surface area contributed by atoms with Gasteiger partial charge in [-0.25, -0.2) is 0 Å². The summed E-state index contributed by atoms with van der Waals surface area (Å²) in [5, 5.41) is 3.89. The maximum absolute atomic E-state index is 13.2. The Morgan fingerprint density at radius 3 is 2.75 bits per heavy atom. The average Bonchev–Trinajstić information content (AvgIpc) is 3.08. The molecule has 0 radical (unpaired) electrons. The van der Waals surface area contributed by atoms with Gasteiger partial charge in [0.1, 0.15) is 12.4 Å². The van der Waals surface area contributed by atoms with Crippen LogP contribution in [0.25, 0.3) is 10.1 Å². The highest BCUT2D eigenvalue weighted by molar-refractivity contribution is 7.19. The average molecular weight is 464 g/mol. The van der Waals surface area contributed by atoms with Gasteiger partial charge in [0.05, 0.1) is 5.56 Å². The molecule has 1 N–H and O–H groups in total. The zero-order valence-electron chi connectivity index (χ0n) is 17.8. The van der Waals surface area contributed by atoms with Gasteiger partial charge in [-0.1, -0.05) is 6.07 Å². The molecule has 9 heteroatoms. The van der Waals surface area contributed by atoms with Crippen LogP contribution in [-0.4, -0.2) is 42.0 Å². The standard InChI is InChI=1S/C23H24F3N3O2S/c1-14-20(22(30)28-16-7-10-29(2)11-8-16)18-12-17(5-6-19(18)32-14)31-13-15-4-3-9-27-21(15)23(24,25)26/h3-6,9,12,16H,7-8,10-11,13H2,1-2H3,(H,28,30). The van der Waals surface area contributed by atoms with E-state index >= 15 is 0 Å². The van der Waals surface area contributed by atoms with Gasteiger partial charge in [-0.05, 0) is 64.2 Å². The van der Waals surface area contributed by atoms with Crippen LogP contribution in [0.15, 0.2) is 36.5 Å². The Kier molecular flexibility index (Phi) is 6.39. The van der Waals surface area contributed by atoms with Crippen LogP contribution in [0.1, 0.15) is 39.3 Å². The van der Waals surface area contributed by atoms with Gasteiger partial charge in [0.2, 0.25) is 0 Å². The molecule has 0 aliphatic carbocycles. The molecular formula is C23H24F3N3O2S. The first-order valence-electron chi connectivity index (χ1n) is 10.4. The summed E-state index contributed by atoms with van der Waals surface area (Å²) in [6.45, 7) is 3.52. The second-order valence-corrected chi connectivity index (χ2v) is 9.30. The van der Waals surface area contributed by atoms with Crippen LogP contribution in [0.3, 0.4) is 0 Å². The molecule has 0 atom stereocenters. The van der Waals surface area contributed by atoms with Crippen LogP contribution in [0.2, 0.25) is 0 Å². The van der Waals surface area contributed by atoms with Crippen molar-refractivity contribution in [2.75, 3.05) is 20.1 Å². The predicted molar refractivity (Wildman–Crippen MR) is 118 cm³/mol. The number of ether oxygens (including phenoxy) is 1. The lowest BCUT2D eigenvalue weighted by Crippen LogP contribution is -2.43. The number of benzene rings is 1. The number of thiophene rings is 1. The molecule has 170 valence electrons. The Bertz CT molecular complexity index is 1120. The largest absolute Gasteiger partial charge is 0.489 e. The van der Waals surface area contributed by atoms with E-state index in [2.05, 4.69) is 22.2 Å². The molecule has 2 aromatic heterocycles. The summed E-state index contributed by atoms with van der Waals surface area (Å²) < 4.78 is 46.1. The van der Waals surface area contributed by atoms with E-state index in [0.29, 0.717) is 11.3 Å². The van der Waals surface area contributed by atoms with Crippen LogP contribution in [0.5, 0.6) is 5.75 Å². The maximum atomic E-state index is 13.2. The van der Waals surface area contributed by atoms with Gasteiger partial charge in [0.25, 0.3) is 5.91 Å². The van der Waals surface area contributed by atoms with Gasteiger partial charge in [-0.2, -0.15) is 13.2 Å². The number of carbonyl (C=O) groups excluding carboxylic acids is 1. The van der Waals surface area contributed by atoms with Crippen molar-refractivity contribution in [2.24, 2.45) is 0 Å². The number of halogens is 3. The molecule has 3 heterocycles. The number of hydrogen-bond acceptors (Lipinski definition) is 5. The molecule has 1 aliphatic heterocycles. The van der Waals surface area contributed by atoms with E-state index in [-0.39, 0.29) is 24.1 Å². The summed E-state index contributed by atoms with van der Waals surface area (Å²) in [7, 11) is 2.07. The van der Waals surface area contributed by atoms with Crippen LogP contribution in [0, 0.1) is 6.92 Å². The molecule has 0 spiro atoms. The number of hydrogen-bond donors (Lipinski definition) is 1. The minimum Gasteiger partial charge on any atom is -0.489 e. The number of nitrogens with zero attached hydrogens (tertiary/aromatic N) is 2. The molecule has 3 aromatic rings. The molecule has 0 unspecified atom stereocenters. The van der Waals surface area contributed by atoms with E-state index in [4.69, 9.17) is 4.74 Å². The van der Waals surface area contributed by atoms with Gasteiger partial charge >= 0.3 is 6.18 Å². The summed E-state index contributed by atoms with van der Waals surface area (Å²) in [5.74, 6) is 0.285. The lowest BCUT2D eigenvalue weighted by atomic mass is 10.0. The van der Waals surface area contributed by atoms with Gasteiger partial charge in [0, 0.05) is 32.8 Å². The normalized spacial score (nSPS) is 15.8. The van der Waals surface area contributed by atoms with Crippen molar-refractivity contribution in [2.45, 2.75) is 38.6 Å². The van der Waals surface area contributed by atoms with Crippen molar-refractivity contribution in [3.05, 3.63) is 58.2 Å². The molecule has 1 aliphatic rings. The quantitative estimate of drug-likeness (QED) is 0.577. The fourth-order valence-electron chi connectivity index (χ4n) is 3.95. The van der Waals surface area contributed by atoms with Crippen LogP contribution < -0.4 is 10.1 Å². The smallest absolute Gasteiger partial charge is 0.433 e. The summed E-state index contributed by atoms with van der Waals surface area (Å²) >= 11 is 1.52. The highest BCUT2D eigenvalue weighted by Crippen LogP contribution is 2.35. The minimum absolute atomic E-state index is 0.0400. The number of aromatic nitrogens is 1. The van der Waals surface area contributed by atoms with Crippen molar-refractivity contribution in [3.8, 4) is 5.75 Å². The summed E-state index contributed by atoms with van der Waals surface area (Å²) in [6, 6.07) is 8.21. The fraction of sp³-hybridized carbons (Fsp3) is 0.391. The summed E-state index contributed by atoms with van der Waals surface area (Å²) in [4.78, 5) is 19.6. The molecule has 5 nitrogen and oxygen atoms in total. The zero-order chi connectivity index (χ0) is 22.9. The number of aryl methyl sites for hydroxylation is 1. The van der Waals surface area contributed by atoms with Crippen LogP contribution >= 0.6 is 11.3 Å². The molecule has 1 aromatic carbocycles. The van der Waals surface area contributed by atoms with E-state index in [1.807, 2.05) is 13.0 Å². The van der Waals surface area contributed by atoms with Crippen molar-refractivity contribution in [1.29, 1.82) is 0 Å². The van der Waals surface area contributed by atoms with Crippen molar-refractivity contribution in [1.82, 2.24) is 15.2 Å². The Balaban J connectivity index is 1.54. The number of likely N-dealkylation sites (tertiary alicyclic amines) is 1. The number of alkyl halides is 3. The number of pyridine rings is 1. The van der Waals surface area contributed by atoms with Crippen LogP contribution in [0.4, 0.5) is 13.2 Å². The second kappa shape index (κ2) is 9.07. The Hall–Kier alpha value is -2.65. The highest BCUT2D eigenvalue weighted by Gasteiger charge is 2.35. The number of piperidine rings is 1. The van der Waals surface area contributed by atoms with Gasteiger partial charge in [-0.3, -0.25) is 9.78 Å². The van der Waals surface area contributed by atoms with Crippen molar-refractivity contribution < 1.29 is 22.7 Å². The Morgan fingerprint density at radius 2 is 2.03 bits per heavy atom. The summed E-state index contributed by atoms with van der Waals surface area (Å²) in [5.41, 5.74) is -0.390. The number of nitrogens with one attached hydrogen (secondary N) is 1. The van der Waals surface area contributed by atoms with Gasteiger partial charge in [-0.15, -0.1) is 11.3 Å². The maximum Gasteiger partial charge on any atom is 0.433 e. The van der Waals surface area contributed by atoms with Crippen molar-refractivity contribution in [3.63, 3.8) is 0 Å². The van der Waals surface area contributed by atoms with Crippen molar-refractivity contribution >= 4 is 27.3 Å². The summed E-state index contributed by atoms with van der Waals surface area (Å²) in [6.07, 6.45) is -1.62. The van der Waals surface area contributed by atoms with E-state index in [1.165, 1.54) is 23.5 Å². The Morgan fingerprint density at radius 1 is 1.28 bits per heavy atom. The third-order valence-electron chi connectivity index (χ3n) is 5.67. The first-order chi connectivity index (χ1) is 15.2. The minimum atomic E-state index is -4.55. The topological polar surface area (TPSA) is 54.5 Å². The number of carbonyl (C=O) groups is 1. The third kappa shape index (κ3) is 4.88. The molecule has 32 heavy (non-hydrogen) atoms. The van der Waals surface area contributed by atoms with Gasteiger partial charge in [0.15, 0.2) is 5.69 Å².